The van der Waals surface area contributed by atoms with Gasteiger partial charge in [-0.15, -0.1) is 0 Å². The fraction of sp³-hybridized carbons (Fsp3) is 0.611. The first-order valence-corrected chi connectivity index (χ1v) is 8.63. The predicted molar refractivity (Wildman–Crippen MR) is 90.2 cm³/mol. The number of rotatable bonds is 4. The van der Waals surface area contributed by atoms with E-state index in [1.165, 1.54) is 6.42 Å². The molecule has 126 valence electrons. The number of ether oxygens (including phenoxy) is 1. The second-order valence-electron chi connectivity index (χ2n) is 6.69. The topological polar surface area (TPSA) is 44.8 Å². The van der Waals surface area contributed by atoms with Crippen molar-refractivity contribution in [3.63, 3.8) is 0 Å². The minimum atomic E-state index is -0.192. The van der Waals surface area contributed by atoms with Crippen LogP contribution in [-0.4, -0.2) is 61.2 Å². The van der Waals surface area contributed by atoms with Gasteiger partial charge in [0.1, 0.15) is 6.61 Å². The minimum Gasteiger partial charge on any atom is -0.445 e. The second kappa shape index (κ2) is 7.79. The van der Waals surface area contributed by atoms with E-state index >= 15 is 0 Å². The SMILES string of the molecule is C[C@H]1CN(C(=O)OCc2ccccc2)CCN1C[C@H]1CCNC1. The lowest BCUT2D eigenvalue weighted by Gasteiger charge is -2.40. The predicted octanol–water partition coefficient (Wildman–Crippen LogP) is 1.94. The molecule has 2 aliphatic heterocycles. The van der Waals surface area contributed by atoms with Crippen LogP contribution in [0.4, 0.5) is 4.79 Å². The molecule has 5 heteroatoms. The molecule has 0 saturated carbocycles. The minimum absolute atomic E-state index is 0.192. The van der Waals surface area contributed by atoms with Crippen molar-refractivity contribution in [3.8, 4) is 0 Å². The molecule has 0 aromatic heterocycles. The molecule has 0 radical (unpaired) electrons. The van der Waals surface area contributed by atoms with Crippen molar-refractivity contribution < 1.29 is 9.53 Å². The van der Waals surface area contributed by atoms with Gasteiger partial charge in [0.05, 0.1) is 0 Å². The molecule has 2 atom stereocenters. The third-order valence-electron chi connectivity index (χ3n) is 4.88. The summed E-state index contributed by atoms with van der Waals surface area (Å²) in [6, 6.07) is 10.2. The van der Waals surface area contributed by atoms with Gasteiger partial charge in [-0.1, -0.05) is 30.3 Å². The Morgan fingerprint density at radius 3 is 2.83 bits per heavy atom. The van der Waals surface area contributed by atoms with E-state index in [1.54, 1.807) is 0 Å². The number of nitrogens with one attached hydrogen (secondary N) is 1. The summed E-state index contributed by atoms with van der Waals surface area (Å²) in [4.78, 5) is 16.6. The van der Waals surface area contributed by atoms with Gasteiger partial charge in [-0.2, -0.15) is 0 Å². The summed E-state index contributed by atoms with van der Waals surface area (Å²) in [6.07, 6.45) is 1.08. The molecule has 3 rings (SSSR count). The van der Waals surface area contributed by atoms with Gasteiger partial charge in [0.15, 0.2) is 0 Å². The van der Waals surface area contributed by atoms with Crippen molar-refractivity contribution in [1.29, 1.82) is 0 Å². The van der Waals surface area contributed by atoms with E-state index in [0.29, 0.717) is 12.6 Å². The zero-order valence-electron chi connectivity index (χ0n) is 13.9. The molecule has 0 spiro atoms. The van der Waals surface area contributed by atoms with Gasteiger partial charge in [-0.3, -0.25) is 4.90 Å². The molecule has 1 aromatic rings. The van der Waals surface area contributed by atoms with Crippen LogP contribution in [0.1, 0.15) is 18.9 Å². The quantitative estimate of drug-likeness (QED) is 0.922. The summed E-state index contributed by atoms with van der Waals surface area (Å²) in [5.41, 5.74) is 1.03. The first kappa shape index (κ1) is 16.3. The zero-order chi connectivity index (χ0) is 16.1. The van der Waals surface area contributed by atoms with Gasteiger partial charge in [0.2, 0.25) is 0 Å². The molecule has 1 N–H and O–H groups in total. The number of hydrogen-bond donors (Lipinski definition) is 1. The van der Waals surface area contributed by atoms with Crippen LogP contribution in [0, 0.1) is 5.92 Å². The third kappa shape index (κ3) is 4.45. The number of nitrogens with zero attached hydrogens (tertiary/aromatic N) is 2. The Morgan fingerprint density at radius 2 is 2.13 bits per heavy atom. The monoisotopic (exact) mass is 317 g/mol. The van der Waals surface area contributed by atoms with Crippen LogP contribution in [0.15, 0.2) is 30.3 Å². The van der Waals surface area contributed by atoms with Gasteiger partial charge in [0, 0.05) is 32.2 Å². The van der Waals surface area contributed by atoms with E-state index in [-0.39, 0.29) is 6.09 Å². The van der Waals surface area contributed by atoms with E-state index in [9.17, 15) is 4.79 Å². The van der Waals surface area contributed by atoms with E-state index < -0.39 is 0 Å². The highest BCUT2D eigenvalue weighted by Gasteiger charge is 2.29. The molecular weight excluding hydrogens is 290 g/mol. The Labute approximate surface area is 138 Å². The van der Waals surface area contributed by atoms with Crippen molar-refractivity contribution >= 4 is 6.09 Å². The van der Waals surface area contributed by atoms with Crippen LogP contribution in [0.3, 0.4) is 0 Å². The normalized spacial score (nSPS) is 25.5. The summed E-state index contributed by atoms with van der Waals surface area (Å²) in [6.45, 7) is 8.43. The van der Waals surface area contributed by atoms with Crippen molar-refractivity contribution in [2.45, 2.75) is 26.0 Å². The number of carbonyl (C=O) groups is 1. The van der Waals surface area contributed by atoms with Crippen LogP contribution in [0.25, 0.3) is 0 Å². The van der Waals surface area contributed by atoms with Gasteiger partial charge in [-0.05, 0) is 37.9 Å². The smallest absolute Gasteiger partial charge is 0.410 e. The first-order chi connectivity index (χ1) is 11.2. The van der Waals surface area contributed by atoms with E-state index in [4.69, 9.17) is 4.74 Å². The Hall–Kier alpha value is -1.59. The van der Waals surface area contributed by atoms with Crippen LogP contribution in [0.5, 0.6) is 0 Å². The molecule has 2 saturated heterocycles. The molecule has 0 bridgehead atoms. The molecule has 2 fully saturated rings. The summed E-state index contributed by atoms with van der Waals surface area (Å²) < 4.78 is 5.44. The highest BCUT2D eigenvalue weighted by atomic mass is 16.6. The van der Waals surface area contributed by atoms with Gasteiger partial charge >= 0.3 is 6.09 Å². The maximum atomic E-state index is 12.2. The number of carbonyl (C=O) groups excluding carboxylic acids is 1. The fourth-order valence-corrected chi connectivity index (χ4v) is 3.44. The van der Waals surface area contributed by atoms with Crippen molar-refractivity contribution in [2.24, 2.45) is 5.92 Å². The molecule has 23 heavy (non-hydrogen) atoms. The summed E-state index contributed by atoms with van der Waals surface area (Å²) in [5.74, 6) is 0.758. The number of piperazine rings is 1. The van der Waals surface area contributed by atoms with E-state index in [2.05, 4.69) is 17.1 Å². The van der Waals surface area contributed by atoms with Crippen LogP contribution in [0.2, 0.25) is 0 Å². The highest BCUT2D eigenvalue weighted by Crippen LogP contribution is 2.16. The summed E-state index contributed by atoms with van der Waals surface area (Å²) in [7, 11) is 0. The molecule has 1 amide bonds. The number of amides is 1. The summed E-state index contributed by atoms with van der Waals surface area (Å²) >= 11 is 0. The lowest BCUT2D eigenvalue weighted by molar-refractivity contribution is 0.0467. The van der Waals surface area contributed by atoms with Crippen molar-refractivity contribution in [1.82, 2.24) is 15.1 Å². The second-order valence-corrected chi connectivity index (χ2v) is 6.69. The Kier molecular flexibility index (Phi) is 5.51. The molecular formula is C18H27N3O2. The summed E-state index contributed by atoms with van der Waals surface area (Å²) in [5, 5.41) is 3.42. The van der Waals surface area contributed by atoms with Gasteiger partial charge in [-0.25, -0.2) is 4.79 Å². The third-order valence-corrected chi connectivity index (χ3v) is 4.88. The van der Waals surface area contributed by atoms with Crippen LogP contribution >= 0.6 is 0 Å². The molecule has 0 unspecified atom stereocenters. The Balaban J connectivity index is 1.44. The van der Waals surface area contributed by atoms with Crippen LogP contribution < -0.4 is 5.32 Å². The molecule has 1 aromatic carbocycles. The fourth-order valence-electron chi connectivity index (χ4n) is 3.44. The van der Waals surface area contributed by atoms with Crippen molar-refractivity contribution in [2.75, 3.05) is 39.3 Å². The molecule has 0 aliphatic carbocycles. The Morgan fingerprint density at radius 1 is 1.30 bits per heavy atom. The van der Waals surface area contributed by atoms with Crippen molar-refractivity contribution in [3.05, 3.63) is 35.9 Å². The highest BCUT2D eigenvalue weighted by molar-refractivity contribution is 5.67. The van der Waals surface area contributed by atoms with Crippen LogP contribution in [-0.2, 0) is 11.3 Å². The van der Waals surface area contributed by atoms with E-state index in [1.807, 2.05) is 35.2 Å². The largest absolute Gasteiger partial charge is 0.445 e. The lowest BCUT2D eigenvalue weighted by atomic mass is 10.1. The first-order valence-electron chi connectivity index (χ1n) is 8.63. The zero-order valence-corrected chi connectivity index (χ0v) is 13.9. The average molecular weight is 317 g/mol. The molecule has 2 heterocycles. The Bertz CT molecular complexity index is 502. The molecule has 2 aliphatic rings. The number of hydrogen-bond acceptors (Lipinski definition) is 4. The molecule has 5 nitrogen and oxygen atoms in total. The van der Waals surface area contributed by atoms with E-state index in [0.717, 1.165) is 50.7 Å². The average Bonchev–Trinajstić information content (AvgIpc) is 3.08. The van der Waals surface area contributed by atoms with Gasteiger partial charge in [0.25, 0.3) is 0 Å². The number of benzene rings is 1. The standard InChI is InChI=1S/C18H27N3O2/c1-15-12-21(10-9-20(15)13-17-7-8-19-11-17)18(22)23-14-16-5-3-2-4-6-16/h2-6,15,17,19H,7-14H2,1H3/t15-,17-/m0/s1. The van der Waals surface area contributed by atoms with Gasteiger partial charge < -0.3 is 15.0 Å². The maximum Gasteiger partial charge on any atom is 0.410 e. The maximum absolute atomic E-state index is 12.2. The lowest BCUT2D eigenvalue weighted by Crippen LogP contribution is -2.54.